The number of methoxy groups -OCH3 is 1. The normalized spacial score (nSPS) is 23.0. The molecule has 31 heavy (non-hydrogen) atoms. The lowest BCUT2D eigenvalue weighted by Gasteiger charge is -2.49. The minimum absolute atomic E-state index is 0.0239. The number of fused-ring (bicyclic) bond motifs is 2. The molecule has 1 aromatic carbocycles. The van der Waals surface area contributed by atoms with Crippen molar-refractivity contribution >= 4 is 5.52 Å². The van der Waals surface area contributed by atoms with Crippen LogP contribution in [0.15, 0.2) is 42.7 Å². The van der Waals surface area contributed by atoms with E-state index in [-0.39, 0.29) is 17.9 Å². The molecule has 0 saturated heterocycles. The third kappa shape index (κ3) is 3.36. The van der Waals surface area contributed by atoms with Crippen LogP contribution in [0.4, 0.5) is 17.6 Å². The predicted molar refractivity (Wildman–Crippen MR) is 106 cm³/mol. The van der Waals surface area contributed by atoms with Crippen LogP contribution in [0.1, 0.15) is 43.0 Å². The molecule has 0 saturated carbocycles. The molecule has 1 aliphatic rings. The fraction of sp³-hybridized carbons (Fsp3) is 0.409. The zero-order valence-corrected chi connectivity index (χ0v) is 17.3. The highest BCUT2D eigenvalue weighted by atomic mass is 19.4. The van der Waals surface area contributed by atoms with E-state index in [9.17, 15) is 22.7 Å². The number of benzene rings is 1. The fourth-order valence-corrected chi connectivity index (χ4v) is 4.71. The number of hydrogen-bond acceptors (Lipinski definition) is 4. The van der Waals surface area contributed by atoms with Gasteiger partial charge in [0.05, 0.1) is 24.9 Å². The van der Waals surface area contributed by atoms with Gasteiger partial charge in [0.1, 0.15) is 0 Å². The number of ether oxygens (including phenoxy) is 1. The zero-order valence-electron chi connectivity index (χ0n) is 17.3. The fourth-order valence-electron chi connectivity index (χ4n) is 4.71. The lowest BCUT2D eigenvalue weighted by molar-refractivity contribution is -0.281. The number of aromatic nitrogens is 2. The van der Waals surface area contributed by atoms with Crippen molar-refractivity contribution in [3.63, 3.8) is 0 Å². The Hall–Kier alpha value is -2.65. The second kappa shape index (κ2) is 7.20. The topological polar surface area (TPSA) is 58.8 Å². The molecular weight excluding hydrogens is 414 g/mol. The van der Waals surface area contributed by atoms with Gasteiger partial charge in [0.2, 0.25) is 0 Å². The second-order valence-corrected chi connectivity index (χ2v) is 8.54. The molecule has 2 unspecified atom stereocenters. The van der Waals surface area contributed by atoms with Gasteiger partial charge in [-0.25, -0.2) is 8.91 Å². The van der Waals surface area contributed by atoms with Crippen molar-refractivity contribution in [2.75, 3.05) is 7.11 Å². The highest BCUT2D eigenvalue weighted by Crippen LogP contribution is 2.55. The molecule has 2 aromatic heterocycles. The molecule has 166 valence electrons. The molecule has 0 fully saturated rings. The van der Waals surface area contributed by atoms with Crippen LogP contribution in [0, 0.1) is 5.82 Å². The Labute approximate surface area is 176 Å². The van der Waals surface area contributed by atoms with Crippen molar-refractivity contribution in [3.05, 3.63) is 65.2 Å². The Bertz CT molecular complexity index is 1130. The van der Waals surface area contributed by atoms with Crippen molar-refractivity contribution in [1.82, 2.24) is 14.9 Å². The van der Waals surface area contributed by atoms with Gasteiger partial charge in [0.25, 0.3) is 0 Å². The van der Waals surface area contributed by atoms with Crippen LogP contribution >= 0.6 is 0 Å². The van der Waals surface area contributed by atoms with Crippen LogP contribution in [-0.2, 0) is 12.0 Å². The van der Waals surface area contributed by atoms with Gasteiger partial charge in [0, 0.05) is 23.9 Å². The molecule has 0 amide bonds. The second-order valence-electron chi connectivity index (χ2n) is 8.54. The van der Waals surface area contributed by atoms with Gasteiger partial charge in [-0.2, -0.15) is 18.3 Å². The molecule has 1 aliphatic carbocycles. The summed E-state index contributed by atoms with van der Waals surface area (Å²) in [6.45, 7) is 3.12. The van der Waals surface area contributed by atoms with E-state index < -0.39 is 35.5 Å². The average molecular weight is 437 g/mol. The standard InChI is InChI=1S/C22H23F4N3O2/c1-20(2)12-21(30,22(24,25)26)19(14-7-8-15(23)18(31-3)17(14)20)27-10-13-11-28-29-9-5-4-6-16(13)29/h4-9,11,19,27,30H,10,12H2,1-3H3. The zero-order chi connectivity index (χ0) is 22.6. The highest BCUT2D eigenvalue weighted by Gasteiger charge is 2.64. The summed E-state index contributed by atoms with van der Waals surface area (Å²) >= 11 is 0. The van der Waals surface area contributed by atoms with E-state index in [2.05, 4.69) is 10.4 Å². The van der Waals surface area contributed by atoms with E-state index in [1.807, 2.05) is 0 Å². The maximum atomic E-state index is 14.4. The van der Waals surface area contributed by atoms with Crippen molar-refractivity contribution in [2.45, 2.75) is 50.0 Å². The highest BCUT2D eigenvalue weighted by molar-refractivity contribution is 5.54. The Balaban J connectivity index is 1.83. The molecule has 4 rings (SSSR count). The molecule has 0 aliphatic heterocycles. The number of aliphatic hydroxyl groups is 1. The summed E-state index contributed by atoms with van der Waals surface area (Å²) in [6.07, 6.45) is -2.27. The summed E-state index contributed by atoms with van der Waals surface area (Å²) in [5, 5.41) is 18.1. The number of rotatable bonds is 4. The van der Waals surface area contributed by atoms with Gasteiger partial charge in [-0.3, -0.25) is 0 Å². The van der Waals surface area contributed by atoms with E-state index in [4.69, 9.17) is 4.74 Å². The third-order valence-corrected chi connectivity index (χ3v) is 6.02. The summed E-state index contributed by atoms with van der Waals surface area (Å²) in [4.78, 5) is 0. The van der Waals surface area contributed by atoms with Crippen LogP contribution in [0.3, 0.4) is 0 Å². The smallest absolute Gasteiger partial charge is 0.419 e. The summed E-state index contributed by atoms with van der Waals surface area (Å²) in [7, 11) is 1.28. The quantitative estimate of drug-likeness (QED) is 0.598. The molecule has 0 spiro atoms. The Morgan fingerprint density at radius 2 is 2.00 bits per heavy atom. The van der Waals surface area contributed by atoms with Gasteiger partial charge >= 0.3 is 6.18 Å². The Kier molecular flexibility index (Phi) is 5.01. The first-order chi connectivity index (χ1) is 14.5. The summed E-state index contributed by atoms with van der Waals surface area (Å²) < 4.78 is 63.8. The summed E-state index contributed by atoms with van der Waals surface area (Å²) in [5.41, 5.74) is -2.36. The minimum Gasteiger partial charge on any atom is -0.493 e. The first-order valence-corrected chi connectivity index (χ1v) is 9.80. The molecule has 2 N–H and O–H groups in total. The number of pyridine rings is 1. The summed E-state index contributed by atoms with van der Waals surface area (Å²) in [5.74, 6) is -0.761. The first-order valence-electron chi connectivity index (χ1n) is 9.80. The van der Waals surface area contributed by atoms with Gasteiger partial charge in [-0.1, -0.05) is 26.0 Å². The Morgan fingerprint density at radius 3 is 2.68 bits per heavy atom. The van der Waals surface area contributed by atoms with Crippen LogP contribution in [0.2, 0.25) is 0 Å². The lowest BCUT2D eigenvalue weighted by Crippen LogP contribution is -2.60. The van der Waals surface area contributed by atoms with Crippen LogP contribution < -0.4 is 10.1 Å². The number of alkyl halides is 3. The monoisotopic (exact) mass is 437 g/mol. The molecule has 5 nitrogen and oxygen atoms in total. The van der Waals surface area contributed by atoms with Crippen molar-refractivity contribution in [3.8, 4) is 5.75 Å². The minimum atomic E-state index is -4.91. The van der Waals surface area contributed by atoms with Gasteiger partial charge < -0.3 is 15.2 Å². The molecule has 9 heteroatoms. The van der Waals surface area contributed by atoms with E-state index in [0.717, 1.165) is 11.6 Å². The molecule has 0 radical (unpaired) electrons. The number of halogens is 4. The van der Waals surface area contributed by atoms with Crippen molar-refractivity contribution in [2.24, 2.45) is 0 Å². The lowest BCUT2D eigenvalue weighted by atomic mass is 9.63. The number of hydrogen-bond donors (Lipinski definition) is 2. The Morgan fingerprint density at radius 1 is 1.26 bits per heavy atom. The van der Waals surface area contributed by atoms with E-state index in [1.165, 1.54) is 13.2 Å². The van der Waals surface area contributed by atoms with Crippen molar-refractivity contribution < 1.29 is 27.4 Å². The van der Waals surface area contributed by atoms with Gasteiger partial charge in [0.15, 0.2) is 17.2 Å². The SMILES string of the molecule is COc1c(F)ccc2c1C(C)(C)CC(O)(C(F)(F)F)C2NCc1cnn2ccccc12. The molecule has 3 aromatic rings. The molecular formula is C22H23F4N3O2. The molecule has 2 heterocycles. The predicted octanol–water partition coefficient (Wildman–Crippen LogP) is 4.29. The van der Waals surface area contributed by atoms with E-state index in [0.29, 0.717) is 11.1 Å². The molecule has 0 bridgehead atoms. The van der Waals surface area contributed by atoms with Gasteiger partial charge in [-0.05, 0) is 35.6 Å². The average Bonchev–Trinajstić information content (AvgIpc) is 3.10. The third-order valence-electron chi connectivity index (χ3n) is 6.02. The number of nitrogens with zero attached hydrogens (tertiary/aromatic N) is 2. The van der Waals surface area contributed by atoms with Crippen LogP contribution in [0.5, 0.6) is 5.75 Å². The first kappa shape index (κ1) is 21.6. The van der Waals surface area contributed by atoms with Crippen molar-refractivity contribution in [1.29, 1.82) is 0 Å². The largest absolute Gasteiger partial charge is 0.493 e. The van der Waals surface area contributed by atoms with E-state index >= 15 is 0 Å². The van der Waals surface area contributed by atoms with E-state index in [1.54, 1.807) is 49.0 Å². The maximum absolute atomic E-state index is 14.4. The molecule has 2 atom stereocenters. The maximum Gasteiger partial charge on any atom is 0.419 e. The van der Waals surface area contributed by atoms with Gasteiger partial charge in [-0.15, -0.1) is 0 Å². The van der Waals surface area contributed by atoms with Crippen LogP contribution in [-0.4, -0.2) is 33.6 Å². The van der Waals surface area contributed by atoms with Crippen LogP contribution in [0.25, 0.3) is 5.52 Å². The number of nitrogens with one attached hydrogen (secondary N) is 1. The summed E-state index contributed by atoms with van der Waals surface area (Å²) in [6, 6.07) is 6.23.